The van der Waals surface area contributed by atoms with E-state index in [1.807, 2.05) is 35.7 Å². The van der Waals surface area contributed by atoms with Gasteiger partial charge in [-0.05, 0) is 31.4 Å². The van der Waals surface area contributed by atoms with Crippen molar-refractivity contribution in [1.29, 1.82) is 0 Å². The van der Waals surface area contributed by atoms with Crippen molar-refractivity contribution in [1.82, 2.24) is 19.9 Å². The van der Waals surface area contributed by atoms with Gasteiger partial charge in [0, 0.05) is 12.1 Å². The lowest BCUT2D eigenvalue weighted by Crippen LogP contribution is -2.29. The molecule has 2 heterocycles. The van der Waals surface area contributed by atoms with Crippen molar-refractivity contribution in [3.8, 4) is 0 Å². The average Bonchev–Trinajstić information content (AvgIpc) is 2.94. The van der Waals surface area contributed by atoms with Gasteiger partial charge in [0.05, 0.1) is 6.04 Å². The van der Waals surface area contributed by atoms with E-state index in [2.05, 4.69) is 22.4 Å². The van der Waals surface area contributed by atoms with Gasteiger partial charge >= 0.3 is 0 Å². The van der Waals surface area contributed by atoms with Gasteiger partial charge in [-0.25, -0.2) is 0 Å². The van der Waals surface area contributed by atoms with Crippen LogP contribution in [0.15, 0.2) is 24.4 Å². The van der Waals surface area contributed by atoms with E-state index in [4.69, 9.17) is 0 Å². The molecule has 5 heteroatoms. The number of rotatable bonds is 3. The molecule has 0 aliphatic heterocycles. The van der Waals surface area contributed by atoms with Gasteiger partial charge in [-0.2, -0.15) is 0 Å². The van der Waals surface area contributed by atoms with Crippen LogP contribution in [0.4, 0.5) is 0 Å². The molecule has 1 aliphatic carbocycles. The van der Waals surface area contributed by atoms with Gasteiger partial charge in [0.15, 0.2) is 11.5 Å². The van der Waals surface area contributed by atoms with Gasteiger partial charge in [0.1, 0.15) is 0 Å². The Labute approximate surface area is 105 Å². The molecule has 0 unspecified atom stereocenters. The smallest absolute Gasteiger partial charge is 0.223 e. The third-order valence-corrected chi connectivity index (χ3v) is 3.53. The highest BCUT2D eigenvalue weighted by atomic mass is 16.2. The summed E-state index contributed by atoms with van der Waals surface area (Å²) in [5, 5.41) is 11.2. The summed E-state index contributed by atoms with van der Waals surface area (Å²) in [7, 11) is 0. The van der Waals surface area contributed by atoms with Gasteiger partial charge in [0.2, 0.25) is 5.91 Å². The molecule has 94 valence electrons. The summed E-state index contributed by atoms with van der Waals surface area (Å²) in [5.74, 6) is 1.61. The Bertz CT molecular complexity index is 591. The number of hydrogen-bond donors (Lipinski definition) is 1. The molecule has 0 aromatic carbocycles. The van der Waals surface area contributed by atoms with Gasteiger partial charge in [-0.1, -0.05) is 13.0 Å². The van der Waals surface area contributed by atoms with E-state index in [1.54, 1.807) is 0 Å². The fourth-order valence-corrected chi connectivity index (χ4v) is 2.23. The summed E-state index contributed by atoms with van der Waals surface area (Å²) in [6.07, 6.45) is 2.91. The van der Waals surface area contributed by atoms with Gasteiger partial charge in [-0.3, -0.25) is 9.20 Å². The van der Waals surface area contributed by atoms with Crippen LogP contribution in [0.1, 0.15) is 32.1 Å². The first kappa shape index (κ1) is 11.2. The second kappa shape index (κ2) is 4.08. The highest BCUT2D eigenvalue weighted by molar-refractivity contribution is 5.81. The van der Waals surface area contributed by atoms with E-state index in [0.29, 0.717) is 5.92 Å². The molecule has 18 heavy (non-hydrogen) atoms. The molecule has 1 fully saturated rings. The molecule has 0 spiro atoms. The standard InChI is InChI=1S/C13H16N4O/c1-8-7-10(8)13(18)14-9(2)12-16-15-11-5-3-4-6-17(11)12/h3-6,8-10H,7H2,1-2H3,(H,14,18)/t8-,9-,10+/m0/s1. The van der Waals surface area contributed by atoms with E-state index in [0.717, 1.165) is 17.9 Å². The Balaban J connectivity index is 1.79. The summed E-state index contributed by atoms with van der Waals surface area (Å²) in [6.45, 7) is 4.04. The monoisotopic (exact) mass is 244 g/mol. The van der Waals surface area contributed by atoms with Crippen LogP contribution in [0, 0.1) is 11.8 Å². The van der Waals surface area contributed by atoms with Crippen molar-refractivity contribution in [2.24, 2.45) is 11.8 Å². The zero-order valence-corrected chi connectivity index (χ0v) is 10.5. The van der Waals surface area contributed by atoms with E-state index < -0.39 is 0 Å². The summed E-state index contributed by atoms with van der Waals surface area (Å²) in [6, 6.07) is 5.62. The molecule has 2 aromatic heterocycles. The van der Waals surface area contributed by atoms with Crippen molar-refractivity contribution in [2.75, 3.05) is 0 Å². The van der Waals surface area contributed by atoms with Crippen molar-refractivity contribution in [3.05, 3.63) is 30.2 Å². The third-order valence-electron chi connectivity index (χ3n) is 3.53. The third kappa shape index (κ3) is 1.85. The molecule has 0 radical (unpaired) electrons. The number of nitrogens with zero attached hydrogens (tertiary/aromatic N) is 3. The molecule has 0 saturated heterocycles. The normalized spacial score (nSPS) is 23.9. The molecular formula is C13H16N4O. The highest BCUT2D eigenvalue weighted by Gasteiger charge is 2.39. The number of amides is 1. The number of hydrogen-bond acceptors (Lipinski definition) is 3. The number of carbonyl (C=O) groups is 1. The van der Waals surface area contributed by atoms with E-state index in [9.17, 15) is 4.79 Å². The quantitative estimate of drug-likeness (QED) is 0.891. The lowest BCUT2D eigenvalue weighted by Gasteiger charge is -2.12. The average molecular weight is 244 g/mol. The first-order valence-electron chi connectivity index (χ1n) is 6.27. The number of pyridine rings is 1. The lowest BCUT2D eigenvalue weighted by atomic mass is 10.2. The number of nitrogens with one attached hydrogen (secondary N) is 1. The maximum atomic E-state index is 11.9. The van der Waals surface area contributed by atoms with Crippen LogP contribution < -0.4 is 5.32 Å². The lowest BCUT2D eigenvalue weighted by molar-refractivity contribution is -0.123. The topological polar surface area (TPSA) is 59.3 Å². The molecule has 3 rings (SSSR count). The van der Waals surface area contributed by atoms with E-state index >= 15 is 0 Å². The number of fused-ring (bicyclic) bond motifs is 1. The van der Waals surface area contributed by atoms with Crippen molar-refractivity contribution >= 4 is 11.6 Å². The van der Waals surface area contributed by atoms with E-state index in [-0.39, 0.29) is 17.9 Å². The molecule has 3 atom stereocenters. The molecule has 1 aliphatic rings. The summed E-state index contributed by atoms with van der Waals surface area (Å²) in [5.41, 5.74) is 0.799. The predicted octanol–water partition coefficient (Wildman–Crippen LogP) is 1.56. The van der Waals surface area contributed by atoms with Crippen LogP contribution in [0.3, 0.4) is 0 Å². The number of aromatic nitrogens is 3. The van der Waals surface area contributed by atoms with Crippen molar-refractivity contribution in [2.45, 2.75) is 26.3 Å². The van der Waals surface area contributed by atoms with Crippen LogP contribution >= 0.6 is 0 Å². The summed E-state index contributed by atoms with van der Waals surface area (Å²) < 4.78 is 1.90. The van der Waals surface area contributed by atoms with Crippen LogP contribution in [-0.2, 0) is 4.79 Å². The molecule has 0 bridgehead atoms. The summed E-state index contributed by atoms with van der Waals surface area (Å²) in [4.78, 5) is 11.9. The minimum absolute atomic E-state index is 0.123. The van der Waals surface area contributed by atoms with Gasteiger partial charge in [-0.15, -0.1) is 10.2 Å². The highest BCUT2D eigenvalue weighted by Crippen LogP contribution is 2.38. The Morgan fingerprint density at radius 2 is 2.28 bits per heavy atom. The Morgan fingerprint density at radius 1 is 1.50 bits per heavy atom. The van der Waals surface area contributed by atoms with Crippen molar-refractivity contribution < 1.29 is 4.79 Å². The molecule has 5 nitrogen and oxygen atoms in total. The van der Waals surface area contributed by atoms with Crippen LogP contribution in [0.25, 0.3) is 5.65 Å². The first-order chi connectivity index (χ1) is 8.66. The zero-order chi connectivity index (χ0) is 12.7. The predicted molar refractivity (Wildman–Crippen MR) is 66.8 cm³/mol. The second-order valence-electron chi connectivity index (χ2n) is 5.04. The minimum Gasteiger partial charge on any atom is -0.346 e. The molecule has 2 aromatic rings. The van der Waals surface area contributed by atoms with Crippen LogP contribution in [-0.4, -0.2) is 20.5 Å². The zero-order valence-electron chi connectivity index (χ0n) is 10.5. The number of carbonyl (C=O) groups excluding carboxylic acids is 1. The van der Waals surface area contributed by atoms with Crippen LogP contribution in [0.2, 0.25) is 0 Å². The minimum atomic E-state index is -0.123. The summed E-state index contributed by atoms with van der Waals surface area (Å²) >= 11 is 0. The van der Waals surface area contributed by atoms with Gasteiger partial charge < -0.3 is 5.32 Å². The SMILES string of the molecule is C[C@H](NC(=O)[C@@H]1C[C@@H]1C)c1nnc2ccccn12. The van der Waals surface area contributed by atoms with E-state index in [1.165, 1.54) is 0 Å². The molecule has 1 N–H and O–H groups in total. The first-order valence-corrected chi connectivity index (χ1v) is 6.27. The Kier molecular flexibility index (Phi) is 2.54. The van der Waals surface area contributed by atoms with Crippen molar-refractivity contribution in [3.63, 3.8) is 0 Å². The fraction of sp³-hybridized carbons (Fsp3) is 0.462. The Hall–Kier alpha value is -1.91. The van der Waals surface area contributed by atoms with Gasteiger partial charge in [0.25, 0.3) is 0 Å². The molecule has 1 saturated carbocycles. The maximum Gasteiger partial charge on any atom is 0.223 e. The Morgan fingerprint density at radius 3 is 3.00 bits per heavy atom. The maximum absolute atomic E-state index is 11.9. The molecule has 1 amide bonds. The van der Waals surface area contributed by atoms with Crippen LogP contribution in [0.5, 0.6) is 0 Å². The fourth-order valence-electron chi connectivity index (χ4n) is 2.23. The largest absolute Gasteiger partial charge is 0.346 e. The molecular weight excluding hydrogens is 228 g/mol. The second-order valence-corrected chi connectivity index (χ2v) is 5.04.